The molecule has 1 heterocycles. The number of halogens is 2. The number of pyridine rings is 1. The molecule has 26 heavy (non-hydrogen) atoms. The number of aryl methyl sites for hydroxylation is 1. The number of carbonyl (C=O) groups is 1. The Labute approximate surface area is 150 Å². The summed E-state index contributed by atoms with van der Waals surface area (Å²) in [6, 6.07) is 12.9. The van der Waals surface area contributed by atoms with Crippen molar-refractivity contribution in [2.24, 2.45) is 0 Å². The summed E-state index contributed by atoms with van der Waals surface area (Å²) in [6.07, 6.45) is 2.01. The summed E-state index contributed by atoms with van der Waals surface area (Å²) in [5.74, 6) is -2.62. The van der Waals surface area contributed by atoms with Gasteiger partial charge in [0.2, 0.25) is 0 Å². The average molecular weight is 353 g/mol. The van der Waals surface area contributed by atoms with E-state index in [1.807, 2.05) is 25.1 Å². The van der Waals surface area contributed by atoms with Crippen molar-refractivity contribution in [2.75, 3.05) is 0 Å². The largest absolute Gasteiger partial charge is 0.478 e. The number of rotatable bonds is 5. The summed E-state index contributed by atoms with van der Waals surface area (Å²) >= 11 is 0. The van der Waals surface area contributed by atoms with Crippen LogP contribution in [0.1, 0.15) is 34.1 Å². The zero-order valence-electron chi connectivity index (χ0n) is 14.2. The maximum atomic E-state index is 14.6. The number of aromatic nitrogens is 1. The molecular formula is C21H17F2NO2. The number of carboxylic acids is 1. The Balaban J connectivity index is 1.99. The van der Waals surface area contributed by atoms with E-state index in [-0.39, 0.29) is 23.2 Å². The summed E-state index contributed by atoms with van der Waals surface area (Å²) in [5, 5.41) is 9.20. The standard InChI is InChI=1S/C21H17F2NO2/c1-2-13-5-3-6-14(9-13)15-10-18(22)17(19(23)11-15)12-20-16(21(25)26)7-4-8-24-20/h3-11H,2,12H2,1H3,(H,25,26). The number of hydrogen-bond donors (Lipinski definition) is 1. The minimum atomic E-state index is -1.18. The van der Waals surface area contributed by atoms with Crippen molar-refractivity contribution in [2.45, 2.75) is 19.8 Å². The Hall–Kier alpha value is -3.08. The molecule has 1 N–H and O–H groups in total. The SMILES string of the molecule is CCc1cccc(-c2cc(F)c(Cc3ncccc3C(=O)O)c(F)c2)c1. The van der Waals surface area contributed by atoms with Crippen molar-refractivity contribution in [1.29, 1.82) is 0 Å². The van der Waals surface area contributed by atoms with Crippen LogP contribution in [0.25, 0.3) is 11.1 Å². The molecule has 3 aromatic rings. The minimum Gasteiger partial charge on any atom is -0.478 e. The normalized spacial score (nSPS) is 10.7. The Kier molecular flexibility index (Phi) is 5.07. The third kappa shape index (κ3) is 3.61. The lowest BCUT2D eigenvalue weighted by Gasteiger charge is -2.10. The van der Waals surface area contributed by atoms with Crippen LogP contribution in [0.2, 0.25) is 0 Å². The molecule has 5 heteroatoms. The second kappa shape index (κ2) is 7.44. The zero-order valence-corrected chi connectivity index (χ0v) is 14.2. The van der Waals surface area contributed by atoms with Crippen molar-refractivity contribution < 1.29 is 18.7 Å². The van der Waals surface area contributed by atoms with Gasteiger partial charge in [0.25, 0.3) is 0 Å². The highest BCUT2D eigenvalue weighted by molar-refractivity contribution is 5.88. The fraction of sp³-hybridized carbons (Fsp3) is 0.143. The van der Waals surface area contributed by atoms with Crippen LogP contribution >= 0.6 is 0 Å². The van der Waals surface area contributed by atoms with Crippen molar-refractivity contribution >= 4 is 5.97 Å². The van der Waals surface area contributed by atoms with Gasteiger partial charge in [0.15, 0.2) is 0 Å². The fourth-order valence-corrected chi connectivity index (χ4v) is 2.85. The first-order valence-corrected chi connectivity index (χ1v) is 8.24. The van der Waals surface area contributed by atoms with E-state index in [0.717, 1.165) is 17.5 Å². The van der Waals surface area contributed by atoms with Gasteiger partial charge in [-0.1, -0.05) is 31.2 Å². The van der Waals surface area contributed by atoms with Crippen molar-refractivity contribution in [3.63, 3.8) is 0 Å². The molecule has 0 aliphatic rings. The van der Waals surface area contributed by atoms with E-state index in [2.05, 4.69) is 4.98 Å². The predicted octanol–water partition coefficient (Wildman–Crippen LogP) is 4.88. The lowest BCUT2D eigenvalue weighted by molar-refractivity contribution is 0.0695. The number of hydrogen-bond acceptors (Lipinski definition) is 2. The van der Waals surface area contributed by atoms with E-state index in [1.165, 1.54) is 30.5 Å². The summed E-state index contributed by atoms with van der Waals surface area (Å²) in [7, 11) is 0. The van der Waals surface area contributed by atoms with Crippen LogP contribution in [-0.4, -0.2) is 16.1 Å². The smallest absolute Gasteiger partial charge is 0.337 e. The molecule has 0 unspecified atom stereocenters. The topological polar surface area (TPSA) is 50.2 Å². The van der Waals surface area contributed by atoms with E-state index in [9.17, 15) is 18.7 Å². The summed E-state index contributed by atoms with van der Waals surface area (Å²) in [5.41, 5.74) is 2.12. The molecule has 0 fully saturated rings. The third-order valence-electron chi connectivity index (χ3n) is 4.27. The lowest BCUT2D eigenvalue weighted by Crippen LogP contribution is -2.07. The van der Waals surface area contributed by atoms with Crippen LogP contribution < -0.4 is 0 Å². The van der Waals surface area contributed by atoms with Gasteiger partial charge < -0.3 is 5.11 Å². The molecular weight excluding hydrogens is 336 g/mol. The van der Waals surface area contributed by atoms with Crippen LogP contribution in [0.5, 0.6) is 0 Å². The molecule has 1 aromatic heterocycles. The second-order valence-corrected chi connectivity index (χ2v) is 5.95. The number of aromatic carboxylic acids is 1. The molecule has 0 aliphatic carbocycles. The van der Waals surface area contributed by atoms with Crippen LogP contribution in [0.3, 0.4) is 0 Å². The molecule has 0 radical (unpaired) electrons. The molecule has 3 rings (SSSR count). The molecule has 0 amide bonds. The maximum Gasteiger partial charge on any atom is 0.337 e. The van der Waals surface area contributed by atoms with E-state index >= 15 is 0 Å². The summed E-state index contributed by atoms with van der Waals surface area (Å²) in [4.78, 5) is 15.2. The Morgan fingerprint density at radius 2 is 1.77 bits per heavy atom. The molecule has 0 atom stereocenters. The Morgan fingerprint density at radius 3 is 2.42 bits per heavy atom. The molecule has 3 nitrogen and oxygen atoms in total. The van der Waals surface area contributed by atoms with Crippen LogP contribution in [0.4, 0.5) is 8.78 Å². The molecule has 0 spiro atoms. The van der Waals surface area contributed by atoms with Gasteiger partial charge in [0.1, 0.15) is 11.6 Å². The summed E-state index contributed by atoms with van der Waals surface area (Å²) < 4.78 is 29.2. The third-order valence-corrected chi connectivity index (χ3v) is 4.27. The van der Waals surface area contributed by atoms with Gasteiger partial charge in [-0.3, -0.25) is 4.98 Å². The first-order valence-electron chi connectivity index (χ1n) is 8.24. The number of nitrogens with zero attached hydrogens (tertiary/aromatic N) is 1. The zero-order chi connectivity index (χ0) is 18.7. The van der Waals surface area contributed by atoms with Crippen LogP contribution in [0.15, 0.2) is 54.7 Å². The lowest BCUT2D eigenvalue weighted by atomic mass is 9.98. The number of carboxylic acid groups (broad SMARTS) is 1. The van der Waals surface area contributed by atoms with E-state index < -0.39 is 17.6 Å². The van der Waals surface area contributed by atoms with Gasteiger partial charge in [-0.2, -0.15) is 0 Å². The molecule has 0 bridgehead atoms. The minimum absolute atomic E-state index is 0.0639. The Morgan fingerprint density at radius 1 is 1.04 bits per heavy atom. The van der Waals surface area contributed by atoms with E-state index in [4.69, 9.17) is 0 Å². The second-order valence-electron chi connectivity index (χ2n) is 5.95. The number of benzene rings is 2. The van der Waals surface area contributed by atoms with Crippen molar-refractivity contribution in [1.82, 2.24) is 4.98 Å². The van der Waals surface area contributed by atoms with Crippen molar-refractivity contribution in [3.8, 4) is 11.1 Å². The fourth-order valence-electron chi connectivity index (χ4n) is 2.85. The van der Waals surface area contributed by atoms with Gasteiger partial charge in [-0.25, -0.2) is 13.6 Å². The highest BCUT2D eigenvalue weighted by Gasteiger charge is 2.17. The highest BCUT2D eigenvalue weighted by Crippen LogP contribution is 2.27. The summed E-state index contributed by atoms with van der Waals surface area (Å²) in [6.45, 7) is 2.01. The molecule has 132 valence electrons. The van der Waals surface area contributed by atoms with Crippen molar-refractivity contribution in [3.05, 3.63) is 88.7 Å². The van der Waals surface area contributed by atoms with E-state index in [0.29, 0.717) is 5.56 Å². The monoisotopic (exact) mass is 353 g/mol. The quantitative estimate of drug-likeness (QED) is 0.711. The highest BCUT2D eigenvalue weighted by atomic mass is 19.1. The average Bonchev–Trinajstić information content (AvgIpc) is 2.64. The molecule has 2 aromatic carbocycles. The molecule has 0 aliphatic heterocycles. The maximum absolute atomic E-state index is 14.6. The molecule has 0 saturated carbocycles. The van der Waals surface area contributed by atoms with Gasteiger partial charge in [0, 0.05) is 18.2 Å². The van der Waals surface area contributed by atoms with Gasteiger partial charge in [-0.15, -0.1) is 0 Å². The Bertz CT molecular complexity index is 947. The molecule has 0 saturated heterocycles. The van der Waals surface area contributed by atoms with E-state index in [1.54, 1.807) is 6.07 Å². The van der Waals surface area contributed by atoms with Gasteiger partial charge in [-0.05, 0) is 47.4 Å². The first kappa shape index (κ1) is 17.7. The van der Waals surface area contributed by atoms with Gasteiger partial charge in [0.05, 0.1) is 11.3 Å². The van der Waals surface area contributed by atoms with Crippen LogP contribution in [0, 0.1) is 11.6 Å². The van der Waals surface area contributed by atoms with Crippen LogP contribution in [-0.2, 0) is 12.8 Å². The predicted molar refractivity (Wildman–Crippen MR) is 95.2 cm³/mol. The first-order chi connectivity index (χ1) is 12.5. The van der Waals surface area contributed by atoms with Gasteiger partial charge >= 0.3 is 5.97 Å².